The lowest BCUT2D eigenvalue weighted by atomic mass is 10.2. The molecule has 0 radical (unpaired) electrons. The third-order valence-corrected chi connectivity index (χ3v) is 2.16. The van der Waals surface area contributed by atoms with Crippen LogP contribution >= 0.6 is 0 Å². The Morgan fingerprint density at radius 1 is 1.50 bits per heavy atom. The van der Waals surface area contributed by atoms with Crippen molar-refractivity contribution in [1.82, 2.24) is 25.4 Å². The van der Waals surface area contributed by atoms with Crippen molar-refractivity contribution in [3.63, 3.8) is 0 Å². The predicted molar refractivity (Wildman–Crippen MR) is 58.6 cm³/mol. The van der Waals surface area contributed by atoms with Crippen LogP contribution in [0.5, 0.6) is 0 Å². The van der Waals surface area contributed by atoms with Gasteiger partial charge in [-0.25, -0.2) is 14.8 Å². The first-order valence-corrected chi connectivity index (χ1v) is 5.19. The third kappa shape index (κ3) is 2.86. The Kier molecular flexibility index (Phi) is 3.58. The second-order valence-electron chi connectivity index (χ2n) is 3.53. The molecule has 0 aliphatic rings. The molecule has 8 heteroatoms. The SMILES string of the molecule is Cc1noc(CNCc2ncncc2C(=O)O)n1. The van der Waals surface area contributed by atoms with Gasteiger partial charge in [-0.15, -0.1) is 0 Å². The number of hydrogen-bond donors (Lipinski definition) is 2. The van der Waals surface area contributed by atoms with Gasteiger partial charge in [0.25, 0.3) is 0 Å². The Morgan fingerprint density at radius 2 is 2.33 bits per heavy atom. The maximum absolute atomic E-state index is 10.9. The molecule has 0 atom stereocenters. The van der Waals surface area contributed by atoms with E-state index in [1.165, 1.54) is 12.5 Å². The molecule has 0 unspecified atom stereocenters. The number of nitrogens with one attached hydrogen (secondary N) is 1. The Labute approximate surface area is 102 Å². The van der Waals surface area contributed by atoms with Crippen molar-refractivity contribution in [2.75, 3.05) is 0 Å². The lowest BCUT2D eigenvalue weighted by Gasteiger charge is -2.04. The van der Waals surface area contributed by atoms with Crippen LogP contribution < -0.4 is 5.32 Å². The predicted octanol–water partition coefficient (Wildman–Crippen LogP) is 0.156. The number of nitrogens with zero attached hydrogens (tertiary/aromatic N) is 4. The molecule has 0 bridgehead atoms. The molecule has 2 heterocycles. The number of carbonyl (C=O) groups is 1. The quantitative estimate of drug-likeness (QED) is 0.769. The molecular weight excluding hydrogens is 238 g/mol. The van der Waals surface area contributed by atoms with E-state index in [2.05, 4.69) is 25.4 Å². The third-order valence-electron chi connectivity index (χ3n) is 2.16. The van der Waals surface area contributed by atoms with E-state index in [-0.39, 0.29) is 12.1 Å². The van der Waals surface area contributed by atoms with Gasteiger partial charge in [0.05, 0.1) is 12.2 Å². The zero-order chi connectivity index (χ0) is 13.0. The van der Waals surface area contributed by atoms with Gasteiger partial charge < -0.3 is 14.9 Å². The number of rotatable bonds is 5. The van der Waals surface area contributed by atoms with Gasteiger partial charge in [-0.3, -0.25) is 0 Å². The normalized spacial score (nSPS) is 10.5. The summed E-state index contributed by atoms with van der Waals surface area (Å²) in [7, 11) is 0. The van der Waals surface area contributed by atoms with Gasteiger partial charge in [-0.1, -0.05) is 5.16 Å². The summed E-state index contributed by atoms with van der Waals surface area (Å²) in [5, 5.41) is 15.6. The average Bonchev–Trinajstić information content (AvgIpc) is 2.75. The summed E-state index contributed by atoms with van der Waals surface area (Å²) in [4.78, 5) is 22.5. The maximum atomic E-state index is 10.9. The van der Waals surface area contributed by atoms with Crippen LogP contribution in [0.3, 0.4) is 0 Å². The number of carboxylic acids is 1. The van der Waals surface area contributed by atoms with Crippen LogP contribution in [0.4, 0.5) is 0 Å². The standard InChI is InChI=1S/C10H11N5O3/c1-6-14-9(18-15-6)4-11-3-8-7(10(16)17)2-12-5-13-8/h2,5,11H,3-4H2,1H3,(H,16,17). The molecule has 18 heavy (non-hydrogen) atoms. The van der Waals surface area contributed by atoms with Crippen molar-refractivity contribution >= 4 is 5.97 Å². The fourth-order valence-electron chi connectivity index (χ4n) is 1.37. The molecule has 0 saturated heterocycles. The van der Waals surface area contributed by atoms with Crippen LogP contribution in [0.1, 0.15) is 27.8 Å². The fourth-order valence-corrected chi connectivity index (χ4v) is 1.37. The minimum absolute atomic E-state index is 0.0757. The molecule has 0 aliphatic carbocycles. The highest BCUT2D eigenvalue weighted by molar-refractivity contribution is 5.88. The van der Waals surface area contributed by atoms with E-state index in [4.69, 9.17) is 9.63 Å². The first-order valence-electron chi connectivity index (χ1n) is 5.19. The lowest BCUT2D eigenvalue weighted by Crippen LogP contribution is -2.17. The first kappa shape index (κ1) is 12.1. The summed E-state index contributed by atoms with van der Waals surface area (Å²) >= 11 is 0. The highest BCUT2D eigenvalue weighted by Gasteiger charge is 2.11. The number of hydrogen-bond acceptors (Lipinski definition) is 7. The van der Waals surface area contributed by atoms with Gasteiger partial charge in [-0.05, 0) is 6.92 Å². The van der Waals surface area contributed by atoms with E-state index in [9.17, 15) is 4.79 Å². The highest BCUT2D eigenvalue weighted by Crippen LogP contribution is 2.03. The van der Waals surface area contributed by atoms with Crippen LogP contribution in [0.25, 0.3) is 0 Å². The van der Waals surface area contributed by atoms with E-state index < -0.39 is 5.97 Å². The molecule has 0 saturated carbocycles. The van der Waals surface area contributed by atoms with E-state index in [1.54, 1.807) is 6.92 Å². The van der Waals surface area contributed by atoms with Gasteiger partial charge in [0.15, 0.2) is 5.82 Å². The molecule has 2 rings (SSSR count). The van der Waals surface area contributed by atoms with Gasteiger partial charge in [-0.2, -0.15) is 4.98 Å². The second kappa shape index (κ2) is 5.32. The Hall–Kier alpha value is -2.35. The highest BCUT2D eigenvalue weighted by atomic mass is 16.5. The van der Waals surface area contributed by atoms with Gasteiger partial charge in [0, 0.05) is 12.7 Å². The van der Waals surface area contributed by atoms with Crippen molar-refractivity contribution in [3.05, 3.63) is 35.5 Å². The van der Waals surface area contributed by atoms with Crippen molar-refractivity contribution in [2.24, 2.45) is 0 Å². The second-order valence-corrected chi connectivity index (χ2v) is 3.53. The van der Waals surface area contributed by atoms with Crippen LogP contribution in [0.2, 0.25) is 0 Å². The molecule has 0 aromatic carbocycles. The molecule has 0 aliphatic heterocycles. The molecule has 8 nitrogen and oxygen atoms in total. The van der Waals surface area contributed by atoms with E-state index in [0.717, 1.165) is 0 Å². The molecular formula is C10H11N5O3. The van der Waals surface area contributed by atoms with Crippen molar-refractivity contribution < 1.29 is 14.4 Å². The van der Waals surface area contributed by atoms with E-state index in [1.807, 2.05) is 0 Å². The number of aromatic nitrogens is 4. The zero-order valence-electron chi connectivity index (χ0n) is 9.62. The zero-order valence-corrected chi connectivity index (χ0v) is 9.62. The Morgan fingerprint density at radius 3 is 3.00 bits per heavy atom. The monoisotopic (exact) mass is 249 g/mol. The summed E-state index contributed by atoms with van der Waals surface area (Å²) in [6.07, 6.45) is 2.57. The lowest BCUT2D eigenvalue weighted by molar-refractivity contribution is 0.0694. The molecule has 0 fully saturated rings. The van der Waals surface area contributed by atoms with E-state index in [0.29, 0.717) is 24.0 Å². The van der Waals surface area contributed by atoms with Crippen LogP contribution in [-0.2, 0) is 13.1 Å². The van der Waals surface area contributed by atoms with Gasteiger partial charge in [0.1, 0.15) is 11.9 Å². The number of carboxylic acid groups (broad SMARTS) is 1. The van der Waals surface area contributed by atoms with Gasteiger partial charge >= 0.3 is 5.97 Å². The summed E-state index contributed by atoms with van der Waals surface area (Å²) in [5.41, 5.74) is 0.487. The van der Waals surface area contributed by atoms with Crippen molar-refractivity contribution in [1.29, 1.82) is 0 Å². The largest absolute Gasteiger partial charge is 0.478 e. The molecule has 0 amide bonds. The first-order chi connectivity index (χ1) is 8.66. The average molecular weight is 249 g/mol. The van der Waals surface area contributed by atoms with Gasteiger partial charge in [0.2, 0.25) is 5.89 Å². The van der Waals surface area contributed by atoms with Crippen LogP contribution in [0.15, 0.2) is 17.0 Å². The molecule has 94 valence electrons. The molecule has 0 spiro atoms. The van der Waals surface area contributed by atoms with Crippen molar-refractivity contribution in [3.8, 4) is 0 Å². The molecule has 2 N–H and O–H groups in total. The summed E-state index contributed by atoms with van der Waals surface area (Å²) in [6.45, 7) is 2.36. The van der Waals surface area contributed by atoms with Crippen LogP contribution in [-0.4, -0.2) is 31.2 Å². The summed E-state index contributed by atoms with van der Waals surface area (Å²) in [6, 6.07) is 0. The fraction of sp³-hybridized carbons (Fsp3) is 0.300. The Bertz CT molecular complexity index is 554. The summed E-state index contributed by atoms with van der Waals surface area (Å²) in [5.74, 6) is -0.0560. The Balaban J connectivity index is 1.96. The smallest absolute Gasteiger partial charge is 0.339 e. The minimum atomic E-state index is -1.05. The number of aromatic carboxylic acids is 1. The van der Waals surface area contributed by atoms with Crippen LogP contribution in [0, 0.1) is 6.92 Å². The van der Waals surface area contributed by atoms with E-state index >= 15 is 0 Å². The summed E-state index contributed by atoms with van der Waals surface area (Å²) < 4.78 is 4.91. The minimum Gasteiger partial charge on any atom is -0.478 e. The molecule has 2 aromatic heterocycles. The molecule has 2 aromatic rings. The van der Waals surface area contributed by atoms with Crippen molar-refractivity contribution in [2.45, 2.75) is 20.0 Å². The topological polar surface area (TPSA) is 114 Å². The maximum Gasteiger partial charge on any atom is 0.339 e. The number of aryl methyl sites for hydroxylation is 1.